The molecule has 0 unspecified atom stereocenters. The highest BCUT2D eigenvalue weighted by atomic mass is 35.5. The quantitative estimate of drug-likeness (QED) is 0.542. The van der Waals surface area contributed by atoms with Gasteiger partial charge in [-0.25, -0.2) is 0 Å². The van der Waals surface area contributed by atoms with E-state index in [1.807, 2.05) is 0 Å². The van der Waals surface area contributed by atoms with Crippen LogP contribution in [0, 0.1) is 5.41 Å². The van der Waals surface area contributed by atoms with Crippen LogP contribution in [0.1, 0.15) is 5.56 Å². The van der Waals surface area contributed by atoms with Crippen LogP contribution < -0.4 is 10.5 Å². The van der Waals surface area contributed by atoms with E-state index in [0.29, 0.717) is 5.56 Å². The van der Waals surface area contributed by atoms with Crippen LogP contribution >= 0.6 is 12.4 Å². The second-order valence-corrected chi connectivity index (χ2v) is 2.14. The van der Waals surface area contributed by atoms with E-state index in [0.717, 1.165) is 5.75 Å². The number of ether oxygens (including phenoxy) is 1. The summed E-state index contributed by atoms with van der Waals surface area (Å²) in [6.45, 7) is 0. The monoisotopic (exact) mass is 186 g/mol. The van der Waals surface area contributed by atoms with Crippen molar-refractivity contribution in [1.82, 2.24) is 0 Å². The van der Waals surface area contributed by atoms with Gasteiger partial charge in [-0.05, 0) is 24.3 Å². The van der Waals surface area contributed by atoms with Gasteiger partial charge >= 0.3 is 0 Å². The van der Waals surface area contributed by atoms with Crippen LogP contribution in [-0.2, 0) is 0 Å². The van der Waals surface area contributed by atoms with E-state index in [2.05, 4.69) is 0 Å². The van der Waals surface area contributed by atoms with Gasteiger partial charge in [-0.3, -0.25) is 5.41 Å². The molecule has 0 saturated carbocycles. The minimum absolute atomic E-state index is 0. The van der Waals surface area contributed by atoms with Crippen molar-refractivity contribution in [1.29, 1.82) is 5.41 Å². The summed E-state index contributed by atoms with van der Waals surface area (Å²) in [4.78, 5) is 0. The minimum atomic E-state index is 0. The summed E-state index contributed by atoms with van der Waals surface area (Å²) in [5.74, 6) is 0.850. The van der Waals surface area contributed by atoms with Crippen LogP contribution in [0.25, 0.3) is 0 Å². The van der Waals surface area contributed by atoms with Crippen LogP contribution in [0.3, 0.4) is 0 Å². The number of hydrogen-bond donors (Lipinski definition) is 2. The minimum Gasteiger partial charge on any atom is -0.497 e. The summed E-state index contributed by atoms with van der Waals surface area (Å²) in [5.41, 5.74) is 5.96. The molecule has 0 aliphatic heterocycles. The standard InChI is InChI=1S/C8H10N2O.ClH/c1-11-7-4-2-6(3-5-7)8(9)10;/h2-5H,1H3,(H3,9,10);1H. The molecule has 0 fully saturated rings. The zero-order chi connectivity index (χ0) is 8.27. The van der Waals surface area contributed by atoms with Crippen LogP contribution in [0.5, 0.6) is 5.75 Å². The Morgan fingerprint density at radius 2 is 1.83 bits per heavy atom. The summed E-state index contributed by atoms with van der Waals surface area (Å²) < 4.78 is 4.94. The van der Waals surface area contributed by atoms with Crippen LogP contribution in [-0.4, -0.2) is 12.9 Å². The summed E-state index contributed by atoms with van der Waals surface area (Å²) in [5, 5.41) is 7.10. The SMILES string of the molecule is COc1ccc(C(=N)N)cc1.Cl. The number of nitrogens with two attached hydrogens (primary N) is 1. The lowest BCUT2D eigenvalue weighted by Gasteiger charge is -2.00. The van der Waals surface area contributed by atoms with Gasteiger partial charge in [0.05, 0.1) is 7.11 Å². The summed E-state index contributed by atoms with van der Waals surface area (Å²) in [6, 6.07) is 7.05. The lowest BCUT2D eigenvalue weighted by Crippen LogP contribution is -2.10. The number of hydrogen-bond acceptors (Lipinski definition) is 2. The fraction of sp³-hybridized carbons (Fsp3) is 0.125. The van der Waals surface area contributed by atoms with E-state index in [1.54, 1.807) is 31.4 Å². The van der Waals surface area contributed by atoms with Crippen molar-refractivity contribution >= 4 is 18.2 Å². The molecule has 3 nitrogen and oxygen atoms in total. The molecule has 66 valence electrons. The molecule has 0 aliphatic carbocycles. The number of methoxy groups -OCH3 is 1. The number of halogens is 1. The predicted molar refractivity (Wildman–Crippen MR) is 51.3 cm³/mol. The van der Waals surface area contributed by atoms with Crippen molar-refractivity contribution in [2.45, 2.75) is 0 Å². The van der Waals surface area contributed by atoms with Crippen molar-refractivity contribution in [3.05, 3.63) is 29.8 Å². The first-order valence-electron chi connectivity index (χ1n) is 3.22. The van der Waals surface area contributed by atoms with E-state index in [-0.39, 0.29) is 18.2 Å². The molecule has 0 aromatic heterocycles. The summed E-state index contributed by atoms with van der Waals surface area (Å²) in [6.07, 6.45) is 0. The van der Waals surface area contributed by atoms with Gasteiger partial charge in [0.1, 0.15) is 11.6 Å². The van der Waals surface area contributed by atoms with Gasteiger partial charge in [0.2, 0.25) is 0 Å². The highest BCUT2D eigenvalue weighted by Gasteiger charge is 1.94. The average molecular weight is 187 g/mol. The molecule has 0 saturated heterocycles. The number of amidine groups is 1. The lowest BCUT2D eigenvalue weighted by atomic mass is 10.2. The van der Waals surface area contributed by atoms with Gasteiger partial charge < -0.3 is 10.5 Å². The van der Waals surface area contributed by atoms with Gasteiger partial charge in [-0.1, -0.05) is 0 Å². The van der Waals surface area contributed by atoms with Crippen molar-refractivity contribution in [3.63, 3.8) is 0 Å². The molecule has 0 radical (unpaired) electrons. The first-order chi connectivity index (χ1) is 5.24. The first-order valence-corrected chi connectivity index (χ1v) is 3.22. The third kappa shape index (κ3) is 2.43. The van der Waals surface area contributed by atoms with Crippen LogP contribution in [0.15, 0.2) is 24.3 Å². The van der Waals surface area contributed by atoms with E-state index in [1.165, 1.54) is 0 Å². The molecule has 0 aliphatic rings. The highest BCUT2D eigenvalue weighted by Crippen LogP contribution is 2.10. The maximum atomic E-state index is 7.10. The predicted octanol–water partition coefficient (Wildman–Crippen LogP) is 1.40. The molecule has 4 heteroatoms. The molecule has 12 heavy (non-hydrogen) atoms. The van der Waals surface area contributed by atoms with Gasteiger partial charge in [-0.15, -0.1) is 12.4 Å². The van der Waals surface area contributed by atoms with Crippen molar-refractivity contribution in [3.8, 4) is 5.75 Å². The van der Waals surface area contributed by atoms with Crippen LogP contribution in [0.2, 0.25) is 0 Å². The maximum absolute atomic E-state index is 7.10. The Morgan fingerprint density at radius 1 is 1.33 bits per heavy atom. The summed E-state index contributed by atoms with van der Waals surface area (Å²) in [7, 11) is 1.60. The molecule has 0 bridgehead atoms. The molecule has 1 aromatic rings. The van der Waals surface area contributed by atoms with Gasteiger partial charge in [0.25, 0.3) is 0 Å². The van der Waals surface area contributed by atoms with E-state index in [4.69, 9.17) is 15.9 Å². The molecule has 0 heterocycles. The van der Waals surface area contributed by atoms with Gasteiger partial charge in [-0.2, -0.15) is 0 Å². The Balaban J connectivity index is 0.00000121. The first kappa shape index (κ1) is 10.8. The molecular weight excluding hydrogens is 176 g/mol. The number of nitrogens with one attached hydrogen (secondary N) is 1. The van der Waals surface area contributed by atoms with Crippen LogP contribution in [0.4, 0.5) is 0 Å². The molecule has 0 amide bonds. The molecule has 1 aromatic carbocycles. The second kappa shape index (κ2) is 4.62. The van der Waals surface area contributed by atoms with E-state index >= 15 is 0 Å². The Labute approximate surface area is 77.5 Å². The van der Waals surface area contributed by atoms with E-state index in [9.17, 15) is 0 Å². The second-order valence-electron chi connectivity index (χ2n) is 2.14. The zero-order valence-corrected chi connectivity index (χ0v) is 7.52. The van der Waals surface area contributed by atoms with Gasteiger partial charge in [0.15, 0.2) is 0 Å². The molecule has 0 spiro atoms. The third-order valence-electron chi connectivity index (χ3n) is 1.40. The Hall–Kier alpha value is -1.22. The van der Waals surface area contributed by atoms with Crippen molar-refractivity contribution < 1.29 is 4.74 Å². The molecular formula is C8H11ClN2O. The number of nitrogen functional groups attached to an aromatic ring is 1. The largest absolute Gasteiger partial charge is 0.497 e. The maximum Gasteiger partial charge on any atom is 0.122 e. The number of rotatable bonds is 2. The van der Waals surface area contributed by atoms with Gasteiger partial charge in [0, 0.05) is 5.56 Å². The fourth-order valence-electron chi connectivity index (χ4n) is 0.771. The lowest BCUT2D eigenvalue weighted by molar-refractivity contribution is 0.415. The Kier molecular flexibility index (Phi) is 4.15. The number of benzene rings is 1. The van der Waals surface area contributed by atoms with Crippen molar-refractivity contribution in [2.24, 2.45) is 5.73 Å². The zero-order valence-electron chi connectivity index (χ0n) is 6.70. The Bertz CT molecular complexity index is 258. The average Bonchev–Trinajstić information content (AvgIpc) is 2.05. The third-order valence-corrected chi connectivity index (χ3v) is 1.40. The summed E-state index contributed by atoms with van der Waals surface area (Å²) >= 11 is 0. The highest BCUT2D eigenvalue weighted by molar-refractivity contribution is 5.94. The normalized spacial score (nSPS) is 8.42. The molecule has 1 rings (SSSR count). The van der Waals surface area contributed by atoms with Crippen molar-refractivity contribution in [2.75, 3.05) is 7.11 Å². The smallest absolute Gasteiger partial charge is 0.122 e. The molecule has 0 atom stereocenters. The van der Waals surface area contributed by atoms with E-state index < -0.39 is 0 Å². The topological polar surface area (TPSA) is 59.1 Å². The Morgan fingerprint density at radius 3 is 2.17 bits per heavy atom. The fourth-order valence-corrected chi connectivity index (χ4v) is 0.771. The molecule has 3 N–H and O–H groups in total.